The van der Waals surface area contributed by atoms with Gasteiger partial charge in [0.2, 0.25) is 5.95 Å². The Hall–Kier alpha value is -1.42. The molecule has 3 heterocycles. The van der Waals surface area contributed by atoms with Crippen molar-refractivity contribution >= 4 is 28.5 Å². The Balaban J connectivity index is 0.00000210. The number of para-hydroxylation sites is 1. The number of hydrogen-bond acceptors (Lipinski definition) is 6. The molecule has 1 aromatic carbocycles. The van der Waals surface area contributed by atoms with Gasteiger partial charge in [0.1, 0.15) is 22.2 Å². The second-order valence-electron chi connectivity index (χ2n) is 5.70. The molecule has 1 N–H and O–H groups in total. The van der Waals surface area contributed by atoms with Gasteiger partial charge in [0.25, 0.3) is 6.43 Å². The van der Waals surface area contributed by atoms with Crippen molar-refractivity contribution in [3.05, 3.63) is 35.2 Å². The maximum absolute atomic E-state index is 13.6. The summed E-state index contributed by atoms with van der Waals surface area (Å²) in [6.07, 6.45) is -2.88. The van der Waals surface area contributed by atoms with E-state index in [-0.39, 0.29) is 60.6 Å². The summed E-state index contributed by atoms with van der Waals surface area (Å²) in [4.78, 5) is 14.3. The number of aromatic nitrogens is 4. The van der Waals surface area contributed by atoms with E-state index in [9.17, 15) is 13.9 Å². The minimum Gasteiger partial charge on any atom is -0.506 e. The zero-order valence-electron chi connectivity index (χ0n) is 14.0. The molecule has 2 aromatic heterocycles. The Kier molecular flexibility index (Phi) is 6.25. The molecule has 3 aromatic rings. The van der Waals surface area contributed by atoms with Gasteiger partial charge in [-0.25, -0.2) is 18.7 Å². The monoisotopic (exact) mass is 470 g/mol. The van der Waals surface area contributed by atoms with E-state index in [1.165, 1.54) is 6.07 Å². The Morgan fingerprint density at radius 3 is 2.59 bits per heavy atom. The van der Waals surface area contributed by atoms with Gasteiger partial charge in [-0.1, -0.05) is 17.7 Å². The van der Waals surface area contributed by atoms with Crippen molar-refractivity contribution in [2.45, 2.75) is 6.43 Å². The summed E-state index contributed by atoms with van der Waals surface area (Å²) in [6, 6.07) is 6.06. The number of imidazole rings is 1. The quantitative estimate of drug-likeness (QED) is 0.593. The maximum atomic E-state index is 13.6. The van der Waals surface area contributed by atoms with Crippen molar-refractivity contribution in [2.75, 3.05) is 31.2 Å². The molecule has 1 fully saturated rings. The van der Waals surface area contributed by atoms with Crippen LogP contribution < -0.4 is 4.90 Å². The molecule has 0 bridgehead atoms. The molecule has 0 amide bonds. The molecule has 7 nitrogen and oxygen atoms in total. The third-order valence-corrected chi connectivity index (χ3v) is 4.28. The summed E-state index contributed by atoms with van der Waals surface area (Å²) in [5.41, 5.74) is 0.329. The third kappa shape index (κ3) is 3.92. The number of morpholine rings is 1. The van der Waals surface area contributed by atoms with Gasteiger partial charge in [0, 0.05) is 51.9 Å². The van der Waals surface area contributed by atoms with Crippen LogP contribution in [0, 0.1) is 0 Å². The average Bonchev–Trinajstić information content (AvgIpc) is 3.03. The van der Waals surface area contributed by atoms with Gasteiger partial charge in [-0.05, 0) is 12.1 Å². The number of halogens is 3. The average molecular weight is 471 g/mol. The molecule has 139 valence electrons. The van der Waals surface area contributed by atoms with Gasteiger partial charge < -0.3 is 14.7 Å². The number of anilines is 1. The second-order valence-corrected chi connectivity index (χ2v) is 6.09. The first-order valence-electron chi connectivity index (χ1n) is 7.90. The molecule has 0 spiro atoms. The zero-order chi connectivity index (χ0) is 18.3. The standard InChI is InChI=1S/C16H14ClF2N5O2.Y/c17-11-8-12(23-4-6-26-7-5-23)21-16(20-11)24-9-2-1-3-10(25)13(9)22-15(24)14(18)19;/h1-3,8,14,25H,4-7H2;. The first-order valence-corrected chi connectivity index (χ1v) is 8.28. The molecule has 11 heteroatoms. The molecule has 1 saturated heterocycles. The van der Waals surface area contributed by atoms with E-state index in [1.54, 1.807) is 18.2 Å². The van der Waals surface area contributed by atoms with Crippen LogP contribution in [0.15, 0.2) is 24.3 Å². The molecular weight excluding hydrogens is 457 g/mol. The fourth-order valence-corrected chi connectivity index (χ4v) is 3.08. The van der Waals surface area contributed by atoms with E-state index in [1.807, 2.05) is 4.90 Å². The van der Waals surface area contributed by atoms with Crippen molar-refractivity contribution in [1.82, 2.24) is 19.5 Å². The number of alkyl halides is 2. The fourth-order valence-electron chi connectivity index (χ4n) is 2.91. The van der Waals surface area contributed by atoms with E-state index < -0.39 is 12.2 Å². The largest absolute Gasteiger partial charge is 0.506 e. The molecule has 1 radical (unpaired) electrons. The van der Waals surface area contributed by atoms with Gasteiger partial charge in [0.15, 0.2) is 5.82 Å². The minimum atomic E-state index is -2.88. The van der Waals surface area contributed by atoms with Crippen molar-refractivity contribution in [2.24, 2.45) is 0 Å². The van der Waals surface area contributed by atoms with E-state index in [0.717, 1.165) is 4.57 Å². The number of hydrogen-bond donors (Lipinski definition) is 1. The van der Waals surface area contributed by atoms with Gasteiger partial charge >= 0.3 is 0 Å². The van der Waals surface area contributed by atoms with Crippen LogP contribution in [0.25, 0.3) is 17.0 Å². The molecular formula is C16H14ClF2N5O2Y. The summed E-state index contributed by atoms with van der Waals surface area (Å²) in [6.45, 7) is 2.31. The molecule has 27 heavy (non-hydrogen) atoms. The summed E-state index contributed by atoms with van der Waals surface area (Å²) in [5.74, 6) is -0.261. The Bertz CT molecular complexity index is 965. The fraction of sp³-hybridized carbons (Fsp3) is 0.312. The van der Waals surface area contributed by atoms with Gasteiger partial charge in [-0.15, -0.1) is 0 Å². The number of ether oxygens (including phenoxy) is 1. The number of phenols is 1. The number of phenolic OH excluding ortho intramolecular Hbond substituents is 1. The topological polar surface area (TPSA) is 76.3 Å². The number of rotatable bonds is 3. The SMILES string of the molecule is Oc1cccc2c1nc(C(F)F)n2-c1nc(Cl)cc(N2CCOCC2)n1.[Y]. The van der Waals surface area contributed by atoms with E-state index in [0.29, 0.717) is 32.1 Å². The van der Waals surface area contributed by atoms with Crippen LogP contribution in [0.2, 0.25) is 5.15 Å². The first kappa shape index (κ1) is 20.3. The van der Waals surface area contributed by atoms with Crippen LogP contribution >= 0.6 is 11.6 Å². The van der Waals surface area contributed by atoms with Gasteiger partial charge in [0.05, 0.1) is 18.7 Å². The van der Waals surface area contributed by atoms with Crippen LogP contribution in [0.5, 0.6) is 5.75 Å². The molecule has 0 aliphatic carbocycles. The predicted molar refractivity (Wildman–Crippen MR) is 91.3 cm³/mol. The van der Waals surface area contributed by atoms with E-state index in [4.69, 9.17) is 16.3 Å². The summed E-state index contributed by atoms with van der Waals surface area (Å²) >= 11 is 6.12. The van der Waals surface area contributed by atoms with Gasteiger partial charge in [-0.2, -0.15) is 4.98 Å². The van der Waals surface area contributed by atoms with E-state index in [2.05, 4.69) is 15.0 Å². The second kappa shape index (κ2) is 8.30. The Morgan fingerprint density at radius 2 is 1.89 bits per heavy atom. The number of nitrogens with zero attached hydrogens (tertiary/aromatic N) is 5. The minimum absolute atomic E-state index is 0. The normalized spacial score (nSPS) is 14.6. The van der Waals surface area contributed by atoms with Crippen molar-refractivity contribution in [1.29, 1.82) is 0 Å². The van der Waals surface area contributed by atoms with Crippen LogP contribution in [-0.4, -0.2) is 50.9 Å². The molecule has 1 aliphatic rings. The first-order chi connectivity index (χ1) is 12.5. The van der Waals surface area contributed by atoms with Crippen LogP contribution in [0.1, 0.15) is 12.2 Å². The summed E-state index contributed by atoms with van der Waals surface area (Å²) in [5, 5.41) is 10.1. The smallest absolute Gasteiger partial charge is 0.296 e. The molecule has 0 unspecified atom stereocenters. The Labute approximate surface area is 183 Å². The van der Waals surface area contributed by atoms with Crippen LogP contribution in [-0.2, 0) is 37.4 Å². The zero-order valence-corrected chi connectivity index (χ0v) is 17.6. The van der Waals surface area contributed by atoms with Crippen molar-refractivity contribution < 1.29 is 51.3 Å². The number of benzene rings is 1. The van der Waals surface area contributed by atoms with Crippen molar-refractivity contribution in [3.63, 3.8) is 0 Å². The summed E-state index contributed by atoms with van der Waals surface area (Å²) < 4.78 is 33.6. The van der Waals surface area contributed by atoms with Crippen molar-refractivity contribution in [3.8, 4) is 11.7 Å². The van der Waals surface area contributed by atoms with Crippen LogP contribution in [0.3, 0.4) is 0 Å². The molecule has 1 aliphatic heterocycles. The van der Waals surface area contributed by atoms with Crippen LogP contribution in [0.4, 0.5) is 14.6 Å². The third-order valence-electron chi connectivity index (χ3n) is 4.09. The number of aromatic hydroxyl groups is 1. The van der Waals surface area contributed by atoms with E-state index >= 15 is 0 Å². The van der Waals surface area contributed by atoms with Gasteiger partial charge in [-0.3, -0.25) is 4.57 Å². The molecule has 4 rings (SSSR count). The maximum Gasteiger partial charge on any atom is 0.296 e. The summed E-state index contributed by atoms with van der Waals surface area (Å²) in [7, 11) is 0. The molecule has 0 saturated carbocycles. The molecule has 0 atom stereocenters. The number of fused-ring (bicyclic) bond motifs is 1. The Morgan fingerprint density at radius 1 is 1.15 bits per heavy atom. The predicted octanol–water partition coefficient (Wildman–Crippen LogP) is 2.95.